The average Bonchev–Trinajstić information content (AvgIpc) is 2.73. The molecule has 0 unspecified atom stereocenters. The number of carbonyl (C=O) groups excluding carboxylic acids is 1. The highest BCUT2D eigenvalue weighted by molar-refractivity contribution is 5.79. The molecule has 0 saturated heterocycles. The molecule has 0 fully saturated rings. The number of rotatable bonds is 4. The summed E-state index contributed by atoms with van der Waals surface area (Å²) < 4.78 is 18.7. The summed E-state index contributed by atoms with van der Waals surface area (Å²) >= 11 is 0. The van der Waals surface area contributed by atoms with Crippen molar-refractivity contribution in [2.75, 3.05) is 6.61 Å². The number of allylic oxidation sites excluding steroid dienone is 1. The van der Waals surface area contributed by atoms with Gasteiger partial charge in [-0.2, -0.15) is 5.10 Å². The van der Waals surface area contributed by atoms with Crippen LogP contribution in [-0.4, -0.2) is 23.1 Å². The minimum atomic E-state index is -0.502. The van der Waals surface area contributed by atoms with Gasteiger partial charge >= 0.3 is 0 Å². The largest absolute Gasteiger partial charge is 0.484 e. The van der Waals surface area contributed by atoms with Crippen LogP contribution in [0.25, 0.3) is 10.9 Å². The molecule has 90 valence electrons. The molecule has 6 heteroatoms. The Kier molecular flexibility index (Phi) is 3.04. The summed E-state index contributed by atoms with van der Waals surface area (Å²) in [4.78, 5) is 10.1. The Morgan fingerprint density at radius 1 is 1.65 bits per heavy atom. The lowest BCUT2D eigenvalue weighted by Crippen LogP contribution is -2.10. The summed E-state index contributed by atoms with van der Waals surface area (Å²) in [7, 11) is 0. The molecule has 2 rings (SSSR count). The molecule has 0 saturated carbocycles. The molecule has 0 aliphatic heterocycles. The molecular formula is C11H12FN3O2. The number of ether oxygens (including phenoxy) is 1. The molecule has 0 aliphatic carbocycles. The Balaban J connectivity index is 0.00000162. The van der Waals surface area contributed by atoms with E-state index in [2.05, 4.69) is 10.2 Å². The second kappa shape index (κ2) is 4.65. The number of H-pyrrole nitrogens is 1. The summed E-state index contributed by atoms with van der Waals surface area (Å²) in [6, 6.07) is 2.81. The van der Waals surface area contributed by atoms with Crippen LogP contribution in [0.2, 0.25) is 0 Å². The average molecular weight is 237 g/mol. The smallest absolute Gasteiger partial charge is 0.165 e. The van der Waals surface area contributed by atoms with Gasteiger partial charge in [0, 0.05) is 24.7 Å². The minimum absolute atomic E-state index is 0. The van der Waals surface area contributed by atoms with E-state index in [-0.39, 0.29) is 19.5 Å². The minimum Gasteiger partial charge on any atom is -0.484 e. The van der Waals surface area contributed by atoms with Crippen molar-refractivity contribution in [2.24, 2.45) is 5.73 Å². The maximum Gasteiger partial charge on any atom is 0.165 e. The third-order valence-corrected chi connectivity index (χ3v) is 2.17. The number of aromatic nitrogens is 2. The number of nitrogens with zero attached hydrogens (tertiary/aromatic N) is 1. The predicted molar refractivity (Wildman–Crippen MR) is 62.0 cm³/mol. The van der Waals surface area contributed by atoms with E-state index in [4.69, 9.17) is 10.5 Å². The van der Waals surface area contributed by atoms with Crippen molar-refractivity contribution in [3.05, 3.63) is 35.9 Å². The number of hydrogen-bond acceptors (Lipinski definition) is 4. The highest BCUT2D eigenvalue weighted by atomic mass is 19.1. The molecule has 3 N–H and O–H groups in total. The molecular weight excluding hydrogens is 225 g/mol. The third-order valence-electron chi connectivity index (χ3n) is 2.17. The van der Waals surface area contributed by atoms with Gasteiger partial charge in [-0.3, -0.25) is 9.89 Å². The number of aromatic amines is 1. The van der Waals surface area contributed by atoms with E-state index in [1.54, 1.807) is 0 Å². The van der Waals surface area contributed by atoms with Crippen LogP contribution in [0.1, 0.15) is 1.43 Å². The van der Waals surface area contributed by atoms with E-state index >= 15 is 0 Å². The molecule has 0 aliphatic rings. The van der Waals surface area contributed by atoms with Gasteiger partial charge in [-0.1, -0.05) is 0 Å². The van der Waals surface area contributed by atoms with Crippen LogP contribution in [0, 0.1) is 5.82 Å². The number of aldehydes is 1. The van der Waals surface area contributed by atoms with Crippen molar-refractivity contribution >= 4 is 17.2 Å². The van der Waals surface area contributed by atoms with E-state index in [0.29, 0.717) is 17.2 Å². The topological polar surface area (TPSA) is 81.0 Å². The fourth-order valence-corrected chi connectivity index (χ4v) is 1.35. The summed E-state index contributed by atoms with van der Waals surface area (Å²) in [5, 5.41) is 7.14. The Hall–Kier alpha value is -2.37. The quantitative estimate of drug-likeness (QED) is 0.621. The molecule has 0 radical (unpaired) electrons. The Morgan fingerprint density at radius 2 is 2.47 bits per heavy atom. The van der Waals surface area contributed by atoms with E-state index in [9.17, 15) is 9.18 Å². The Bertz CT molecular complexity index is 583. The van der Waals surface area contributed by atoms with Crippen LogP contribution in [0.15, 0.2) is 30.1 Å². The summed E-state index contributed by atoms with van der Waals surface area (Å²) in [6.07, 6.45) is 3.22. The number of hydrogen-bond donors (Lipinski definition) is 2. The fraction of sp³-hybridized carbons (Fsp3) is 0.0909. The van der Waals surface area contributed by atoms with Crippen molar-refractivity contribution < 1.29 is 15.3 Å². The number of nitrogens with two attached hydrogens (primary N) is 1. The Morgan fingerprint density at radius 3 is 3.24 bits per heavy atom. The molecule has 2 aromatic rings. The summed E-state index contributed by atoms with van der Waals surface area (Å²) in [5.74, 6) is -0.443. The maximum absolute atomic E-state index is 13.5. The number of halogens is 1. The molecule has 0 amide bonds. The van der Waals surface area contributed by atoms with E-state index < -0.39 is 5.82 Å². The fourth-order valence-electron chi connectivity index (χ4n) is 1.35. The first kappa shape index (κ1) is 11.1. The van der Waals surface area contributed by atoms with Gasteiger partial charge in [0.25, 0.3) is 0 Å². The van der Waals surface area contributed by atoms with Crippen LogP contribution in [0.3, 0.4) is 0 Å². The van der Waals surface area contributed by atoms with Gasteiger partial charge in [-0.05, 0) is 6.07 Å². The van der Waals surface area contributed by atoms with Gasteiger partial charge in [-0.25, -0.2) is 4.39 Å². The molecule has 0 spiro atoms. The van der Waals surface area contributed by atoms with Gasteiger partial charge in [0.1, 0.15) is 12.9 Å². The molecule has 1 heterocycles. The highest BCUT2D eigenvalue weighted by Gasteiger charge is 2.07. The predicted octanol–water partition coefficient (Wildman–Crippen LogP) is 1.37. The molecule has 1 aromatic carbocycles. The van der Waals surface area contributed by atoms with E-state index in [1.807, 2.05) is 0 Å². The van der Waals surface area contributed by atoms with Gasteiger partial charge < -0.3 is 10.5 Å². The van der Waals surface area contributed by atoms with Crippen LogP contribution >= 0.6 is 0 Å². The first-order valence-electron chi connectivity index (χ1n) is 4.86. The normalized spacial score (nSPS) is 11.7. The zero-order valence-electron chi connectivity index (χ0n) is 8.81. The second-order valence-electron chi connectivity index (χ2n) is 3.41. The summed E-state index contributed by atoms with van der Waals surface area (Å²) in [6.45, 7) is -0.0463. The van der Waals surface area contributed by atoms with Crippen molar-refractivity contribution in [2.45, 2.75) is 0 Å². The van der Waals surface area contributed by atoms with Crippen LogP contribution in [0.5, 0.6) is 5.75 Å². The van der Waals surface area contributed by atoms with Gasteiger partial charge in [0.15, 0.2) is 11.6 Å². The maximum atomic E-state index is 13.5. The number of nitrogens with one attached hydrogen (secondary N) is 1. The van der Waals surface area contributed by atoms with Crippen molar-refractivity contribution in [1.82, 2.24) is 10.2 Å². The van der Waals surface area contributed by atoms with Crippen molar-refractivity contribution in [3.8, 4) is 5.75 Å². The van der Waals surface area contributed by atoms with Gasteiger partial charge in [0.2, 0.25) is 0 Å². The molecule has 0 atom stereocenters. The molecule has 17 heavy (non-hydrogen) atoms. The van der Waals surface area contributed by atoms with Gasteiger partial charge in [0.05, 0.1) is 11.7 Å². The van der Waals surface area contributed by atoms with Gasteiger partial charge in [-0.15, -0.1) is 0 Å². The number of benzene rings is 1. The SMILES string of the molecule is N/C(=C\C=O)COc1cc2[nH]ncc2cc1F.[HH]. The Labute approximate surface area is 97.5 Å². The first-order chi connectivity index (χ1) is 8.20. The summed E-state index contributed by atoms with van der Waals surface area (Å²) in [5.41, 5.74) is 6.33. The molecule has 1 aromatic heterocycles. The first-order valence-corrected chi connectivity index (χ1v) is 4.86. The zero-order valence-corrected chi connectivity index (χ0v) is 8.81. The third kappa shape index (κ3) is 2.41. The van der Waals surface area contributed by atoms with Crippen LogP contribution in [0.4, 0.5) is 4.39 Å². The molecule has 0 bridgehead atoms. The molecule has 5 nitrogen and oxygen atoms in total. The van der Waals surface area contributed by atoms with Crippen LogP contribution in [-0.2, 0) is 4.79 Å². The highest BCUT2D eigenvalue weighted by Crippen LogP contribution is 2.23. The number of fused-ring (bicyclic) bond motifs is 1. The lowest BCUT2D eigenvalue weighted by atomic mass is 10.2. The number of carbonyl (C=O) groups is 1. The standard InChI is InChI=1S/C11H10FN3O2.H2/c12-9-3-7-5-14-15-10(7)4-11(9)17-6-8(13)1-2-16;/h1-5H,6,13H2,(H,14,15);1H/b8-1-;. The van der Waals surface area contributed by atoms with Crippen molar-refractivity contribution in [1.29, 1.82) is 0 Å². The van der Waals surface area contributed by atoms with E-state index in [0.717, 1.165) is 6.08 Å². The second-order valence-corrected chi connectivity index (χ2v) is 3.41. The van der Waals surface area contributed by atoms with Crippen molar-refractivity contribution in [3.63, 3.8) is 0 Å². The monoisotopic (exact) mass is 237 g/mol. The lowest BCUT2D eigenvalue weighted by Gasteiger charge is -2.06. The zero-order chi connectivity index (χ0) is 12.3. The van der Waals surface area contributed by atoms with E-state index in [1.165, 1.54) is 18.3 Å². The lowest BCUT2D eigenvalue weighted by molar-refractivity contribution is -0.104. The van der Waals surface area contributed by atoms with Crippen LogP contribution < -0.4 is 10.5 Å².